The van der Waals surface area contributed by atoms with Gasteiger partial charge in [0.2, 0.25) is 0 Å². The van der Waals surface area contributed by atoms with Crippen molar-refractivity contribution in [2.24, 2.45) is 0 Å². The maximum Gasteiger partial charge on any atom is 0.0514 e. The van der Waals surface area contributed by atoms with Gasteiger partial charge in [0.05, 0.1) is 5.69 Å². The topological polar surface area (TPSA) is 15.3 Å². The predicted molar refractivity (Wildman–Crippen MR) is 77.8 cm³/mol. The number of nitrogens with one attached hydrogen (secondary N) is 1. The molecule has 2 rings (SSSR count). The molecule has 1 aliphatic heterocycles. The number of anilines is 1. The van der Waals surface area contributed by atoms with E-state index in [9.17, 15) is 0 Å². The summed E-state index contributed by atoms with van der Waals surface area (Å²) in [4.78, 5) is 2.48. The van der Waals surface area contributed by atoms with E-state index in [4.69, 9.17) is 0 Å². The Labute approximate surface area is 113 Å². The fourth-order valence-electron chi connectivity index (χ4n) is 2.36. The number of halogens is 1. The summed E-state index contributed by atoms with van der Waals surface area (Å²) in [7, 11) is 0. The molecule has 1 N–H and O–H groups in total. The maximum atomic E-state index is 3.66. The van der Waals surface area contributed by atoms with E-state index < -0.39 is 0 Å². The summed E-state index contributed by atoms with van der Waals surface area (Å²) < 4.78 is 1.20. The summed E-state index contributed by atoms with van der Waals surface area (Å²) in [6, 6.07) is 6.57. The maximum absolute atomic E-state index is 3.66. The minimum absolute atomic E-state index is 0.238. The van der Waals surface area contributed by atoms with Gasteiger partial charge in [-0.2, -0.15) is 0 Å². The smallest absolute Gasteiger partial charge is 0.0514 e. The summed E-state index contributed by atoms with van der Waals surface area (Å²) in [6.45, 7) is 9.93. The van der Waals surface area contributed by atoms with Crippen molar-refractivity contribution < 1.29 is 0 Å². The van der Waals surface area contributed by atoms with Crippen LogP contribution in [0.5, 0.6) is 0 Å². The van der Waals surface area contributed by atoms with E-state index in [1.807, 2.05) is 0 Å². The van der Waals surface area contributed by atoms with Gasteiger partial charge in [0.15, 0.2) is 0 Å². The molecule has 0 radical (unpaired) electrons. The van der Waals surface area contributed by atoms with Crippen LogP contribution in [0.15, 0.2) is 22.7 Å². The fraction of sp³-hybridized carbons (Fsp3) is 0.571. The minimum Gasteiger partial charge on any atom is -0.368 e. The number of nitrogens with zero attached hydrogens (tertiary/aromatic N) is 1. The van der Waals surface area contributed by atoms with E-state index in [0.717, 1.165) is 26.1 Å². The van der Waals surface area contributed by atoms with Crippen molar-refractivity contribution in [1.82, 2.24) is 5.32 Å². The summed E-state index contributed by atoms with van der Waals surface area (Å²) in [5.41, 5.74) is 2.88. The molecule has 0 aliphatic carbocycles. The molecule has 1 aromatic carbocycles. The monoisotopic (exact) mass is 296 g/mol. The van der Waals surface area contributed by atoms with Gasteiger partial charge < -0.3 is 10.2 Å². The first kappa shape index (κ1) is 12.9. The molecule has 1 saturated heterocycles. The highest BCUT2D eigenvalue weighted by Crippen LogP contribution is 2.30. The summed E-state index contributed by atoms with van der Waals surface area (Å²) in [5, 5.41) is 3.62. The molecule has 0 aromatic heterocycles. The molecule has 1 aliphatic rings. The zero-order valence-electron chi connectivity index (χ0n) is 10.9. The molecule has 1 unspecified atom stereocenters. The van der Waals surface area contributed by atoms with Gasteiger partial charge in [0.25, 0.3) is 0 Å². The molecular weight excluding hydrogens is 276 g/mol. The van der Waals surface area contributed by atoms with Gasteiger partial charge in [-0.1, -0.05) is 13.0 Å². The molecule has 3 heteroatoms. The van der Waals surface area contributed by atoms with E-state index in [-0.39, 0.29) is 5.54 Å². The van der Waals surface area contributed by atoms with Crippen molar-refractivity contribution in [3.8, 4) is 0 Å². The Kier molecular flexibility index (Phi) is 3.79. The van der Waals surface area contributed by atoms with Crippen molar-refractivity contribution in [3.05, 3.63) is 28.2 Å². The molecule has 0 spiro atoms. The SMILES string of the molecule is CCC1(C)CN(c2cc(C)ccc2Br)CCN1. The zero-order chi connectivity index (χ0) is 12.5. The molecule has 1 fully saturated rings. The molecule has 94 valence electrons. The molecule has 0 amide bonds. The van der Waals surface area contributed by atoms with Crippen molar-refractivity contribution >= 4 is 21.6 Å². The van der Waals surface area contributed by atoms with Gasteiger partial charge in [-0.3, -0.25) is 0 Å². The second-order valence-corrected chi connectivity index (χ2v) is 6.07. The van der Waals surface area contributed by atoms with Crippen LogP contribution >= 0.6 is 15.9 Å². The molecule has 1 atom stereocenters. The number of aryl methyl sites for hydroxylation is 1. The lowest BCUT2D eigenvalue weighted by Crippen LogP contribution is -2.58. The van der Waals surface area contributed by atoms with Gasteiger partial charge in [0.1, 0.15) is 0 Å². The lowest BCUT2D eigenvalue weighted by Gasteiger charge is -2.42. The van der Waals surface area contributed by atoms with Crippen LogP contribution in [0.3, 0.4) is 0 Å². The van der Waals surface area contributed by atoms with Crippen molar-refractivity contribution in [2.45, 2.75) is 32.7 Å². The number of hydrogen-bond acceptors (Lipinski definition) is 2. The third kappa shape index (κ3) is 2.83. The van der Waals surface area contributed by atoms with Crippen molar-refractivity contribution in [2.75, 3.05) is 24.5 Å². The molecule has 1 aromatic rings. The highest BCUT2D eigenvalue weighted by atomic mass is 79.9. The predicted octanol–water partition coefficient (Wildman–Crippen LogP) is 3.34. The van der Waals surface area contributed by atoms with Crippen LogP contribution in [-0.2, 0) is 0 Å². The Morgan fingerprint density at radius 1 is 1.47 bits per heavy atom. The summed E-state index contributed by atoms with van der Waals surface area (Å²) in [6.07, 6.45) is 1.16. The van der Waals surface area contributed by atoms with E-state index in [1.54, 1.807) is 0 Å². The quantitative estimate of drug-likeness (QED) is 0.900. The fourth-order valence-corrected chi connectivity index (χ4v) is 2.85. The number of benzene rings is 1. The lowest BCUT2D eigenvalue weighted by molar-refractivity contribution is 0.314. The molecule has 0 saturated carbocycles. The van der Waals surface area contributed by atoms with Crippen molar-refractivity contribution in [3.63, 3.8) is 0 Å². The Hall–Kier alpha value is -0.540. The van der Waals surface area contributed by atoms with Crippen LogP contribution in [-0.4, -0.2) is 25.2 Å². The Morgan fingerprint density at radius 3 is 2.94 bits per heavy atom. The van der Waals surface area contributed by atoms with Crippen molar-refractivity contribution in [1.29, 1.82) is 0 Å². The largest absolute Gasteiger partial charge is 0.368 e. The van der Waals surface area contributed by atoms with E-state index in [1.165, 1.54) is 15.7 Å². The Balaban J connectivity index is 2.24. The average molecular weight is 297 g/mol. The average Bonchev–Trinajstić information content (AvgIpc) is 2.32. The van der Waals surface area contributed by atoms with Crippen LogP contribution in [0.4, 0.5) is 5.69 Å². The Bertz CT molecular complexity index is 405. The molecule has 1 heterocycles. The van der Waals surface area contributed by atoms with Gasteiger partial charge in [0, 0.05) is 29.6 Å². The highest BCUT2D eigenvalue weighted by Gasteiger charge is 2.29. The summed E-state index contributed by atoms with van der Waals surface area (Å²) in [5.74, 6) is 0. The highest BCUT2D eigenvalue weighted by molar-refractivity contribution is 9.10. The standard InChI is InChI=1S/C14H21BrN2/c1-4-14(3)10-17(8-7-16-14)13-9-11(2)5-6-12(13)15/h5-6,9,16H,4,7-8,10H2,1-3H3. The Morgan fingerprint density at radius 2 is 2.24 bits per heavy atom. The summed E-state index contributed by atoms with van der Waals surface area (Å²) >= 11 is 3.66. The normalized spacial score (nSPS) is 25.1. The molecular formula is C14H21BrN2. The molecule has 17 heavy (non-hydrogen) atoms. The van der Waals surface area contributed by atoms with E-state index in [0.29, 0.717) is 0 Å². The third-order valence-electron chi connectivity index (χ3n) is 3.70. The van der Waals surface area contributed by atoms with Gasteiger partial charge >= 0.3 is 0 Å². The number of rotatable bonds is 2. The van der Waals surface area contributed by atoms with E-state index in [2.05, 4.69) is 65.1 Å². The van der Waals surface area contributed by atoms with Crippen LogP contribution in [0.1, 0.15) is 25.8 Å². The van der Waals surface area contributed by atoms with E-state index >= 15 is 0 Å². The van der Waals surface area contributed by atoms with Gasteiger partial charge in [-0.15, -0.1) is 0 Å². The van der Waals surface area contributed by atoms with Crippen LogP contribution in [0.2, 0.25) is 0 Å². The first-order valence-electron chi connectivity index (χ1n) is 6.30. The third-order valence-corrected chi connectivity index (χ3v) is 4.37. The number of hydrogen-bond donors (Lipinski definition) is 1. The number of piperazine rings is 1. The lowest BCUT2D eigenvalue weighted by atomic mass is 9.95. The second kappa shape index (κ2) is 4.99. The second-order valence-electron chi connectivity index (χ2n) is 5.22. The molecule has 2 nitrogen and oxygen atoms in total. The van der Waals surface area contributed by atoms with Crippen LogP contribution < -0.4 is 10.2 Å². The minimum atomic E-state index is 0.238. The van der Waals surface area contributed by atoms with Gasteiger partial charge in [-0.05, 0) is 53.9 Å². The molecule has 0 bridgehead atoms. The first-order valence-corrected chi connectivity index (χ1v) is 7.09. The van der Waals surface area contributed by atoms with Crippen LogP contribution in [0, 0.1) is 6.92 Å². The first-order chi connectivity index (χ1) is 8.04. The zero-order valence-corrected chi connectivity index (χ0v) is 12.5. The van der Waals surface area contributed by atoms with Gasteiger partial charge in [-0.25, -0.2) is 0 Å². The van der Waals surface area contributed by atoms with Crippen LogP contribution in [0.25, 0.3) is 0 Å².